The average molecular weight is 654 g/mol. The molecule has 10 rings (SSSR count). The maximum atomic E-state index is 6.36. The molecule has 240 valence electrons. The summed E-state index contributed by atoms with van der Waals surface area (Å²) < 4.78 is 8.70. The van der Waals surface area contributed by atoms with Gasteiger partial charge < -0.3 is 13.9 Å². The SMILES string of the molecule is c1ccc(N(c2ccccc2)c2cc(-c3ccc4c(c3)oc3ccccc34)cc(-c3ccc4c5ccccc5n(-c5ccncc5)c4c3)c2)cc1. The van der Waals surface area contributed by atoms with Crippen molar-refractivity contribution >= 4 is 60.8 Å². The van der Waals surface area contributed by atoms with Crippen molar-refractivity contribution in [3.8, 4) is 27.9 Å². The van der Waals surface area contributed by atoms with Crippen LogP contribution in [0.2, 0.25) is 0 Å². The van der Waals surface area contributed by atoms with E-state index in [4.69, 9.17) is 4.42 Å². The minimum Gasteiger partial charge on any atom is -0.456 e. The topological polar surface area (TPSA) is 34.2 Å². The molecule has 0 bridgehead atoms. The van der Waals surface area contributed by atoms with Gasteiger partial charge in [0, 0.05) is 56.7 Å². The van der Waals surface area contributed by atoms with Gasteiger partial charge in [-0.2, -0.15) is 0 Å². The Bertz CT molecular complexity index is 2820. The Balaban J connectivity index is 1.22. The van der Waals surface area contributed by atoms with E-state index < -0.39 is 0 Å². The highest BCUT2D eigenvalue weighted by Crippen LogP contribution is 2.42. The number of rotatable bonds is 6. The lowest BCUT2D eigenvalue weighted by Gasteiger charge is -2.26. The van der Waals surface area contributed by atoms with Crippen LogP contribution < -0.4 is 4.90 Å². The summed E-state index contributed by atoms with van der Waals surface area (Å²) in [6.07, 6.45) is 3.71. The zero-order valence-corrected chi connectivity index (χ0v) is 27.6. The average Bonchev–Trinajstić information content (AvgIpc) is 3.74. The van der Waals surface area contributed by atoms with Crippen molar-refractivity contribution in [2.45, 2.75) is 0 Å². The summed E-state index contributed by atoms with van der Waals surface area (Å²) in [6.45, 7) is 0. The summed E-state index contributed by atoms with van der Waals surface area (Å²) in [5.41, 5.74) is 12.9. The zero-order chi connectivity index (χ0) is 33.7. The summed E-state index contributed by atoms with van der Waals surface area (Å²) in [5, 5.41) is 4.69. The Kier molecular flexibility index (Phi) is 6.78. The molecular formula is C47H31N3O. The van der Waals surface area contributed by atoms with E-state index in [0.717, 1.165) is 72.5 Å². The van der Waals surface area contributed by atoms with Crippen molar-refractivity contribution in [1.29, 1.82) is 0 Å². The fourth-order valence-corrected chi connectivity index (χ4v) is 7.50. The molecule has 4 heteroatoms. The quantitative estimate of drug-likeness (QED) is 0.179. The number of para-hydroxylation sites is 4. The minimum absolute atomic E-state index is 0.881. The second kappa shape index (κ2) is 11.9. The third-order valence-corrected chi connectivity index (χ3v) is 9.84. The highest BCUT2D eigenvalue weighted by atomic mass is 16.3. The van der Waals surface area contributed by atoms with Crippen LogP contribution in [0.5, 0.6) is 0 Å². The third kappa shape index (κ3) is 4.96. The molecule has 0 amide bonds. The molecule has 0 fully saturated rings. The molecule has 51 heavy (non-hydrogen) atoms. The molecule has 0 unspecified atom stereocenters. The first-order chi connectivity index (χ1) is 25.3. The number of nitrogens with zero attached hydrogens (tertiary/aromatic N) is 3. The number of hydrogen-bond acceptors (Lipinski definition) is 3. The van der Waals surface area contributed by atoms with Crippen LogP contribution in [0.3, 0.4) is 0 Å². The number of fused-ring (bicyclic) bond motifs is 6. The van der Waals surface area contributed by atoms with E-state index >= 15 is 0 Å². The van der Waals surface area contributed by atoms with Gasteiger partial charge in [-0.25, -0.2) is 0 Å². The van der Waals surface area contributed by atoms with Crippen molar-refractivity contribution in [3.63, 3.8) is 0 Å². The van der Waals surface area contributed by atoms with E-state index in [9.17, 15) is 0 Å². The summed E-state index contributed by atoms with van der Waals surface area (Å²) in [7, 11) is 0. The molecular weight excluding hydrogens is 623 g/mol. The second-order valence-electron chi connectivity index (χ2n) is 12.9. The standard InChI is InChI=1S/C47H31N3O/c1-3-11-36(12-4-1)49(37-13-5-2-6-14-37)39-28-34(27-35(29-39)33-20-22-43-42-16-8-10-18-46(42)51-47(43)31-33)32-19-21-41-40-15-7-9-17-44(40)50(45(41)30-32)38-23-25-48-26-24-38/h1-31H. The molecule has 3 aromatic heterocycles. The van der Waals surface area contributed by atoms with Crippen molar-refractivity contribution in [3.05, 3.63) is 188 Å². The van der Waals surface area contributed by atoms with Crippen LogP contribution in [0.25, 0.3) is 71.7 Å². The highest BCUT2D eigenvalue weighted by Gasteiger charge is 2.18. The Hall–Kier alpha value is -6.91. The summed E-state index contributed by atoms with van der Waals surface area (Å²) in [6, 6.07) is 62.5. The van der Waals surface area contributed by atoms with Crippen molar-refractivity contribution in [2.75, 3.05) is 4.90 Å². The molecule has 0 saturated heterocycles. The Labute approximate surface area is 295 Å². The van der Waals surface area contributed by atoms with Gasteiger partial charge in [-0.1, -0.05) is 91.0 Å². The Morgan fingerprint density at radius 2 is 0.961 bits per heavy atom. The smallest absolute Gasteiger partial charge is 0.136 e. The van der Waals surface area contributed by atoms with Gasteiger partial charge in [0.05, 0.1) is 11.0 Å². The lowest BCUT2D eigenvalue weighted by atomic mass is 9.96. The van der Waals surface area contributed by atoms with E-state index in [-0.39, 0.29) is 0 Å². The number of anilines is 3. The molecule has 7 aromatic carbocycles. The minimum atomic E-state index is 0.881. The van der Waals surface area contributed by atoms with E-state index in [2.05, 4.69) is 178 Å². The van der Waals surface area contributed by atoms with Gasteiger partial charge in [-0.05, 0) is 107 Å². The first kappa shape index (κ1) is 29.0. The monoisotopic (exact) mass is 653 g/mol. The van der Waals surface area contributed by atoms with Gasteiger partial charge in [0.2, 0.25) is 0 Å². The van der Waals surface area contributed by atoms with Crippen LogP contribution in [-0.2, 0) is 0 Å². The van der Waals surface area contributed by atoms with Crippen LogP contribution in [0, 0.1) is 0 Å². The number of hydrogen-bond donors (Lipinski definition) is 0. The molecule has 0 aliphatic heterocycles. The number of benzene rings is 7. The Morgan fingerprint density at radius 1 is 0.392 bits per heavy atom. The van der Waals surface area contributed by atoms with Gasteiger partial charge in [0.1, 0.15) is 11.2 Å². The lowest BCUT2D eigenvalue weighted by molar-refractivity contribution is 0.669. The highest BCUT2D eigenvalue weighted by molar-refractivity contribution is 6.10. The maximum Gasteiger partial charge on any atom is 0.136 e. The fourth-order valence-electron chi connectivity index (χ4n) is 7.50. The van der Waals surface area contributed by atoms with Gasteiger partial charge >= 0.3 is 0 Å². The van der Waals surface area contributed by atoms with Crippen LogP contribution in [-0.4, -0.2) is 9.55 Å². The summed E-state index contributed by atoms with van der Waals surface area (Å²) in [4.78, 5) is 6.63. The van der Waals surface area contributed by atoms with Crippen LogP contribution in [0.1, 0.15) is 0 Å². The molecule has 0 aliphatic rings. The molecule has 0 aliphatic carbocycles. The first-order valence-corrected chi connectivity index (χ1v) is 17.2. The van der Waals surface area contributed by atoms with Gasteiger partial charge in [-0.15, -0.1) is 0 Å². The first-order valence-electron chi connectivity index (χ1n) is 17.2. The molecule has 0 saturated carbocycles. The largest absolute Gasteiger partial charge is 0.456 e. The number of pyridine rings is 1. The fraction of sp³-hybridized carbons (Fsp3) is 0. The second-order valence-corrected chi connectivity index (χ2v) is 12.9. The van der Waals surface area contributed by atoms with Crippen LogP contribution >= 0.6 is 0 Å². The molecule has 0 radical (unpaired) electrons. The van der Waals surface area contributed by atoms with E-state index in [1.54, 1.807) is 0 Å². The summed E-state index contributed by atoms with van der Waals surface area (Å²) in [5.74, 6) is 0. The van der Waals surface area contributed by atoms with Crippen LogP contribution in [0.15, 0.2) is 193 Å². The van der Waals surface area contributed by atoms with Crippen molar-refractivity contribution < 1.29 is 4.42 Å². The summed E-state index contributed by atoms with van der Waals surface area (Å²) >= 11 is 0. The molecule has 0 N–H and O–H groups in total. The third-order valence-electron chi connectivity index (χ3n) is 9.84. The number of furan rings is 1. The molecule has 4 nitrogen and oxygen atoms in total. The van der Waals surface area contributed by atoms with Gasteiger partial charge in [0.15, 0.2) is 0 Å². The predicted octanol–water partition coefficient (Wildman–Crippen LogP) is 12.9. The molecule has 0 atom stereocenters. The lowest BCUT2D eigenvalue weighted by Crippen LogP contribution is -2.10. The van der Waals surface area contributed by atoms with E-state index in [1.165, 1.54) is 16.3 Å². The molecule has 10 aromatic rings. The maximum absolute atomic E-state index is 6.36. The van der Waals surface area contributed by atoms with E-state index in [1.807, 2.05) is 24.5 Å². The van der Waals surface area contributed by atoms with Gasteiger partial charge in [-0.3, -0.25) is 4.98 Å². The number of aromatic nitrogens is 2. The normalized spacial score (nSPS) is 11.5. The molecule has 3 heterocycles. The van der Waals surface area contributed by atoms with Crippen molar-refractivity contribution in [1.82, 2.24) is 9.55 Å². The molecule has 0 spiro atoms. The van der Waals surface area contributed by atoms with E-state index in [0.29, 0.717) is 0 Å². The zero-order valence-electron chi connectivity index (χ0n) is 27.6. The Morgan fingerprint density at radius 3 is 1.69 bits per heavy atom. The predicted molar refractivity (Wildman–Crippen MR) is 211 cm³/mol. The van der Waals surface area contributed by atoms with Crippen LogP contribution in [0.4, 0.5) is 17.1 Å². The van der Waals surface area contributed by atoms with Crippen molar-refractivity contribution in [2.24, 2.45) is 0 Å². The van der Waals surface area contributed by atoms with Gasteiger partial charge in [0.25, 0.3) is 0 Å².